The number of ketones is 1. The topological polar surface area (TPSA) is 62.3 Å². The molecule has 0 atom stereocenters. The minimum Gasteiger partial charge on any atom is -0.291 e. The molecule has 2 aromatic rings. The van der Waals surface area contributed by atoms with E-state index in [4.69, 9.17) is 0 Å². The minimum atomic E-state index is -0.576. The molecule has 1 aliphatic rings. The molecular formula is C13H9N3O2. The molecule has 18 heavy (non-hydrogen) atoms. The van der Waals surface area contributed by atoms with Crippen LogP contribution >= 0.6 is 0 Å². The van der Waals surface area contributed by atoms with Crippen LogP contribution in [0.3, 0.4) is 0 Å². The Balaban J connectivity index is 1.99. The number of hydrogen-bond acceptors (Lipinski definition) is 4. The first-order chi connectivity index (χ1) is 8.77. The number of amides is 1. The van der Waals surface area contributed by atoms with Crippen LogP contribution in [0.25, 0.3) is 0 Å². The van der Waals surface area contributed by atoms with Gasteiger partial charge < -0.3 is 0 Å². The molecule has 0 saturated carbocycles. The van der Waals surface area contributed by atoms with Crippen molar-refractivity contribution in [2.75, 3.05) is 10.4 Å². The van der Waals surface area contributed by atoms with Gasteiger partial charge >= 0.3 is 5.91 Å². The van der Waals surface area contributed by atoms with Crippen LogP contribution in [-0.4, -0.2) is 16.7 Å². The third-order valence-corrected chi connectivity index (χ3v) is 2.71. The van der Waals surface area contributed by atoms with Gasteiger partial charge in [-0.15, -0.1) is 0 Å². The summed E-state index contributed by atoms with van der Waals surface area (Å²) in [4.78, 5) is 27.5. The van der Waals surface area contributed by atoms with E-state index in [0.29, 0.717) is 16.9 Å². The zero-order valence-electron chi connectivity index (χ0n) is 9.33. The summed E-state index contributed by atoms with van der Waals surface area (Å²) in [5.74, 6) is -1.07. The lowest BCUT2D eigenvalue weighted by Gasteiger charge is -2.18. The van der Waals surface area contributed by atoms with Crippen molar-refractivity contribution in [1.29, 1.82) is 0 Å². The Morgan fingerprint density at radius 2 is 1.72 bits per heavy atom. The van der Waals surface area contributed by atoms with Gasteiger partial charge in [0.25, 0.3) is 5.78 Å². The van der Waals surface area contributed by atoms with Gasteiger partial charge in [-0.05, 0) is 24.3 Å². The summed E-state index contributed by atoms with van der Waals surface area (Å²) in [6, 6.07) is 10.3. The van der Waals surface area contributed by atoms with Gasteiger partial charge in [0.2, 0.25) is 0 Å². The van der Waals surface area contributed by atoms with Crippen LogP contribution in [0.4, 0.5) is 11.4 Å². The van der Waals surface area contributed by atoms with E-state index in [-0.39, 0.29) is 0 Å². The first-order valence-corrected chi connectivity index (χ1v) is 5.42. The number of aromatic nitrogens is 1. The molecule has 2 heterocycles. The molecule has 5 heteroatoms. The van der Waals surface area contributed by atoms with Crippen molar-refractivity contribution in [3.8, 4) is 0 Å². The Kier molecular flexibility index (Phi) is 2.30. The van der Waals surface area contributed by atoms with E-state index >= 15 is 0 Å². The van der Waals surface area contributed by atoms with E-state index < -0.39 is 11.7 Å². The summed E-state index contributed by atoms with van der Waals surface area (Å²) < 4.78 is 0. The van der Waals surface area contributed by atoms with Crippen LogP contribution in [0.1, 0.15) is 10.4 Å². The number of pyridine rings is 1. The van der Waals surface area contributed by atoms with Crippen LogP contribution < -0.4 is 10.4 Å². The average Bonchev–Trinajstić information content (AvgIpc) is 2.66. The second kappa shape index (κ2) is 3.96. The quantitative estimate of drug-likeness (QED) is 0.809. The molecule has 5 nitrogen and oxygen atoms in total. The van der Waals surface area contributed by atoms with E-state index in [2.05, 4.69) is 10.4 Å². The number of para-hydroxylation sites is 1. The number of hydrogen-bond donors (Lipinski definition) is 1. The Hall–Kier alpha value is -2.69. The van der Waals surface area contributed by atoms with Gasteiger partial charge in [-0.25, -0.2) is 5.01 Å². The average molecular weight is 239 g/mol. The number of carbonyl (C=O) groups excluding carboxylic acids is 2. The van der Waals surface area contributed by atoms with Crippen molar-refractivity contribution in [2.24, 2.45) is 0 Å². The number of nitrogens with one attached hydrogen (secondary N) is 1. The predicted octanol–water partition coefficient (Wildman–Crippen LogP) is 1.64. The number of rotatable bonds is 2. The molecule has 0 spiro atoms. The maximum atomic E-state index is 11.9. The minimum absolute atomic E-state index is 0.420. The summed E-state index contributed by atoms with van der Waals surface area (Å²) in [6.07, 6.45) is 3.22. The van der Waals surface area contributed by atoms with Gasteiger partial charge in [0.05, 0.1) is 16.9 Å². The van der Waals surface area contributed by atoms with E-state index in [1.807, 2.05) is 0 Å². The van der Waals surface area contributed by atoms with E-state index in [1.54, 1.807) is 48.8 Å². The Morgan fingerprint density at radius 3 is 2.50 bits per heavy atom. The summed E-state index contributed by atoms with van der Waals surface area (Å²) in [6.45, 7) is 0. The molecule has 0 saturated heterocycles. The summed E-state index contributed by atoms with van der Waals surface area (Å²) in [7, 11) is 0. The highest BCUT2D eigenvalue weighted by molar-refractivity contribution is 6.52. The van der Waals surface area contributed by atoms with Crippen molar-refractivity contribution in [3.63, 3.8) is 0 Å². The standard InChI is InChI=1S/C13H9N3O2/c17-12-10-3-1-2-4-11(10)16(13(12)18)15-9-5-7-14-8-6-9/h1-8H,(H,14,15). The molecular weight excluding hydrogens is 230 g/mol. The first-order valence-electron chi connectivity index (χ1n) is 5.42. The lowest BCUT2D eigenvalue weighted by molar-refractivity contribution is -0.114. The predicted molar refractivity (Wildman–Crippen MR) is 66.1 cm³/mol. The molecule has 1 N–H and O–H groups in total. The number of fused-ring (bicyclic) bond motifs is 1. The van der Waals surface area contributed by atoms with Crippen molar-refractivity contribution < 1.29 is 9.59 Å². The van der Waals surface area contributed by atoms with Gasteiger partial charge in [0.15, 0.2) is 0 Å². The SMILES string of the molecule is O=C1C(=O)N(Nc2ccncc2)c2ccccc21. The molecule has 0 unspecified atom stereocenters. The van der Waals surface area contributed by atoms with Crippen molar-refractivity contribution in [2.45, 2.75) is 0 Å². The van der Waals surface area contributed by atoms with E-state index in [1.165, 1.54) is 5.01 Å². The van der Waals surface area contributed by atoms with Crippen molar-refractivity contribution >= 4 is 23.1 Å². The molecule has 0 radical (unpaired) electrons. The Labute approximate surface area is 103 Å². The lowest BCUT2D eigenvalue weighted by Crippen LogP contribution is -2.35. The Bertz CT molecular complexity index is 625. The molecule has 1 aliphatic heterocycles. The monoisotopic (exact) mass is 239 g/mol. The van der Waals surface area contributed by atoms with Crippen molar-refractivity contribution in [3.05, 3.63) is 54.4 Å². The van der Waals surface area contributed by atoms with Crippen molar-refractivity contribution in [1.82, 2.24) is 4.98 Å². The smallest absolute Gasteiger partial charge is 0.291 e. The van der Waals surface area contributed by atoms with Crippen LogP contribution in [0.2, 0.25) is 0 Å². The third kappa shape index (κ3) is 1.53. The van der Waals surface area contributed by atoms with Crippen LogP contribution in [-0.2, 0) is 4.79 Å². The molecule has 0 aliphatic carbocycles. The van der Waals surface area contributed by atoms with Gasteiger partial charge in [-0.1, -0.05) is 12.1 Å². The first kappa shape index (κ1) is 10.5. The second-order valence-corrected chi connectivity index (χ2v) is 3.83. The maximum absolute atomic E-state index is 11.9. The van der Waals surface area contributed by atoms with Gasteiger partial charge in [0.1, 0.15) is 0 Å². The normalized spacial score (nSPS) is 13.7. The summed E-state index contributed by atoms with van der Waals surface area (Å²) >= 11 is 0. The molecule has 0 fully saturated rings. The summed E-state index contributed by atoms with van der Waals surface area (Å²) in [5.41, 5.74) is 4.59. The number of Topliss-reactive ketones (excluding diaryl/α,β-unsaturated/α-hetero) is 1. The second-order valence-electron chi connectivity index (χ2n) is 3.83. The van der Waals surface area contributed by atoms with Crippen LogP contribution in [0.5, 0.6) is 0 Å². The number of hydrazine groups is 1. The zero-order chi connectivity index (χ0) is 12.5. The molecule has 1 amide bonds. The highest BCUT2D eigenvalue weighted by Crippen LogP contribution is 2.28. The third-order valence-electron chi connectivity index (χ3n) is 2.71. The van der Waals surface area contributed by atoms with Gasteiger partial charge in [0, 0.05) is 12.4 Å². The number of carbonyl (C=O) groups is 2. The molecule has 1 aromatic carbocycles. The largest absolute Gasteiger partial charge is 0.318 e. The lowest BCUT2D eigenvalue weighted by atomic mass is 10.1. The fraction of sp³-hybridized carbons (Fsp3) is 0. The van der Waals surface area contributed by atoms with Gasteiger partial charge in [-0.2, -0.15) is 0 Å². The molecule has 0 bridgehead atoms. The van der Waals surface area contributed by atoms with Crippen LogP contribution in [0.15, 0.2) is 48.8 Å². The number of benzene rings is 1. The highest BCUT2D eigenvalue weighted by atomic mass is 16.2. The van der Waals surface area contributed by atoms with Crippen LogP contribution in [0, 0.1) is 0 Å². The summed E-state index contributed by atoms with van der Waals surface area (Å²) in [5, 5.41) is 1.26. The fourth-order valence-electron chi connectivity index (χ4n) is 1.85. The number of nitrogens with zero attached hydrogens (tertiary/aromatic N) is 2. The molecule has 1 aromatic heterocycles. The Morgan fingerprint density at radius 1 is 1.00 bits per heavy atom. The number of anilines is 2. The molecule has 88 valence electrons. The fourth-order valence-corrected chi connectivity index (χ4v) is 1.85. The van der Waals surface area contributed by atoms with E-state index in [9.17, 15) is 9.59 Å². The highest BCUT2D eigenvalue weighted by Gasteiger charge is 2.35. The zero-order valence-corrected chi connectivity index (χ0v) is 9.33. The van der Waals surface area contributed by atoms with E-state index in [0.717, 1.165) is 0 Å². The maximum Gasteiger partial charge on any atom is 0.318 e. The van der Waals surface area contributed by atoms with Gasteiger partial charge in [-0.3, -0.25) is 20.0 Å². The molecule has 3 rings (SSSR count).